The van der Waals surface area contributed by atoms with Crippen LogP contribution in [0.25, 0.3) is 0 Å². The van der Waals surface area contributed by atoms with E-state index in [1.807, 2.05) is 0 Å². The van der Waals surface area contributed by atoms with E-state index < -0.39 is 0 Å². The Labute approximate surface area is 81.9 Å². The first-order chi connectivity index (χ1) is 3.79. The van der Waals surface area contributed by atoms with E-state index in [2.05, 4.69) is 53.8 Å². The van der Waals surface area contributed by atoms with Crippen LogP contribution in [-0.2, 0) is 19.5 Å². The first-order valence-electron chi connectivity index (χ1n) is 2.51. The molecule has 0 amide bonds. The molecular weight excluding hydrogens is 276 g/mol. The Morgan fingerprint density at radius 1 is 1.33 bits per heavy atom. The molecule has 0 aromatic heterocycles. The fraction of sp³-hybridized carbons (Fsp3) is 0.143. The third-order valence-corrected chi connectivity index (χ3v) is 1.65. The minimum Gasteiger partial charge on any atom is -0.0610 e. The van der Waals surface area contributed by atoms with Crippen molar-refractivity contribution in [2.75, 3.05) is 0 Å². The Bertz CT molecular complexity index is 169. The van der Waals surface area contributed by atoms with Gasteiger partial charge in [-0.15, -0.1) is 0 Å². The molecule has 0 heterocycles. The van der Waals surface area contributed by atoms with Crippen molar-refractivity contribution in [3.05, 3.63) is 33.4 Å². The van der Waals surface area contributed by atoms with E-state index >= 15 is 0 Å². The van der Waals surface area contributed by atoms with Gasteiger partial charge >= 0.3 is 0 Å². The summed E-state index contributed by atoms with van der Waals surface area (Å²) < 4.78 is 1.31. The molecule has 0 spiro atoms. The minimum atomic E-state index is 0. The summed E-state index contributed by atoms with van der Waals surface area (Å²) in [5.74, 6) is 0. The van der Waals surface area contributed by atoms with Gasteiger partial charge in [0.05, 0.1) is 0 Å². The molecule has 0 aliphatic rings. The van der Waals surface area contributed by atoms with Gasteiger partial charge in [-0.05, 0) is 41.6 Å². The van der Waals surface area contributed by atoms with Crippen molar-refractivity contribution in [1.29, 1.82) is 0 Å². The first-order valence-corrected chi connectivity index (χ1v) is 3.59. The molecule has 0 N–H and O–H groups in total. The molecular formula is C7H7IZn. The van der Waals surface area contributed by atoms with Gasteiger partial charge in [0.1, 0.15) is 0 Å². The second-order valence-corrected chi connectivity index (χ2v) is 3.04. The zero-order valence-electron chi connectivity index (χ0n) is 5.39. The molecule has 0 radical (unpaired) electrons. The van der Waals surface area contributed by atoms with Crippen molar-refractivity contribution in [1.82, 2.24) is 0 Å². The Morgan fingerprint density at radius 3 is 2.33 bits per heavy atom. The van der Waals surface area contributed by atoms with E-state index in [1.165, 1.54) is 9.13 Å². The van der Waals surface area contributed by atoms with Gasteiger partial charge in [0.2, 0.25) is 0 Å². The summed E-state index contributed by atoms with van der Waals surface area (Å²) >= 11 is 2.31. The monoisotopic (exact) mass is 282 g/mol. The SMILES string of the molecule is Cc1cccc(I)c1.[Zn]. The maximum Gasteiger partial charge on any atom is 0.0132 e. The van der Waals surface area contributed by atoms with Crippen molar-refractivity contribution >= 4 is 22.6 Å². The van der Waals surface area contributed by atoms with Crippen LogP contribution in [0.15, 0.2) is 24.3 Å². The number of hydrogen-bond acceptors (Lipinski definition) is 0. The van der Waals surface area contributed by atoms with Crippen molar-refractivity contribution in [3.63, 3.8) is 0 Å². The summed E-state index contributed by atoms with van der Waals surface area (Å²) in [7, 11) is 0. The van der Waals surface area contributed by atoms with Crippen LogP contribution in [0.2, 0.25) is 0 Å². The summed E-state index contributed by atoms with van der Waals surface area (Å²) in [6.07, 6.45) is 0. The maximum atomic E-state index is 2.31. The minimum absolute atomic E-state index is 0. The van der Waals surface area contributed by atoms with Crippen LogP contribution in [0, 0.1) is 10.5 Å². The van der Waals surface area contributed by atoms with E-state index in [0.717, 1.165) is 0 Å². The van der Waals surface area contributed by atoms with Crippen molar-refractivity contribution < 1.29 is 19.5 Å². The number of halogens is 1. The maximum absolute atomic E-state index is 2.31. The Kier molecular flexibility index (Phi) is 4.68. The predicted octanol–water partition coefficient (Wildman–Crippen LogP) is 2.60. The summed E-state index contributed by atoms with van der Waals surface area (Å²) in [4.78, 5) is 0. The molecule has 0 aliphatic carbocycles. The van der Waals surface area contributed by atoms with Crippen LogP contribution in [0.3, 0.4) is 0 Å². The number of aryl methyl sites for hydroxylation is 1. The van der Waals surface area contributed by atoms with Crippen LogP contribution >= 0.6 is 22.6 Å². The molecule has 44 valence electrons. The average Bonchev–Trinajstić information content (AvgIpc) is 1.64. The van der Waals surface area contributed by atoms with Crippen LogP contribution < -0.4 is 0 Å². The fourth-order valence-electron chi connectivity index (χ4n) is 0.606. The molecule has 0 saturated carbocycles. The normalized spacial score (nSPS) is 8.22. The van der Waals surface area contributed by atoms with Crippen molar-refractivity contribution in [2.24, 2.45) is 0 Å². The van der Waals surface area contributed by atoms with Gasteiger partial charge in [-0.25, -0.2) is 0 Å². The molecule has 0 atom stereocenters. The van der Waals surface area contributed by atoms with Crippen LogP contribution in [0.4, 0.5) is 0 Å². The number of hydrogen-bond donors (Lipinski definition) is 0. The third kappa shape index (κ3) is 3.31. The Balaban J connectivity index is 0.000000640. The first kappa shape index (κ1) is 9.57. The molecule has 0 fully saturated rings. The third-order valence-electron chi connectivity index (χ3n) is 0.980. The largest absolute Gasteiger partial charge is 0.0610 e. The Morgan fingerprint density at radius 2 is 2.00 bits per heavy atom. The van der Waals surface area contributed by atoms with E-state index in [9.17, 15) is 0 Å². The molecule has 0 nitrogen and oxygen atoms in total. The van der Waals surface area contributed by atoms with E-state index in [4.69, 9.17) is 0 Å². The predicted molar refractivity (Wildman–Crippen MR) is 43.9 cm³/mol. The van der Waals surface area contributed by atoms with Crippen LogP contribution in [0.5, 0.6) is 0 Å². The van der Waals surface area contributed by atoms with Crippen molar-refractivity contribution in [3.8, 4) is 0 Å². The molecule has 0 saturated heterocycles. The fourth-order valence-corrected chi connectivity index (χ4v) is 1.30. The zero-order chi connectivity index (χ0) is 5.98. The Hall–Kier alpha value is 0.573. The molecule has 0 aliphatic heterocycles. The molecule has 0 bridgehead atoms. The van der Waals surface area contributed by atoms with E-state index in [1.54, 1.807) is 0 Å². The molecule has 1 aromatic rings. The molecule has 1 rings (SSSR count). The molecule has 9 heavy (non-hydrogen) atoms. The van der Waals surface area contributed by atoms with E-state index in [0.29, 0.717) is 0 Å². The smallest absolute Gasteiger partial charge is 0.0132 e. The average molecular weight is 283 g/mol. The molecule has 1 aromatic carbocycles. The topological polar surface area (TPSA) is 0 Å². The second kappa shape index (κ2) is 4.40. The summed E-state index contributed by atoms with van der Waals surface area (Å²) in [5, 5.41) is 0. The van der Waals surface area contributed by atoms with Crippen molar-refractivity contribution in [2.45, 2.75) is 6.92 Å². The van der Waals surface area contributed by atoms with Gasteiger partial charge in [-0.2, -0.15) is 0 Å². The summed E-state index contributed by atoms with van der Waals surface area (Å²) in [5.41, 5.74) is 1.33. The standard InChI is InChI=1S/C7H7I.Zn/c1-6-3-2-4-7(8)5-6;/h2-5H,1H3;. The molecule has 0 unspecified atom stereocenters. The van der Waals surface area contributed by atoms with Gasteiger partial charge in [0.25, 0.3) is 0 Å². The van der Waals surface area contributed by atoms with Gasteiger partial charge in [0, 0.05) is 23.0 Å². The van der Waals surface area contributed by atoms with E-state index in [-0.39, 0.29) is 19.5 Å². The number of benzene rings is 1. The number of rotatable bonds is 0. The summed E-state index contributed by atoms with van der Waals surface area (Å²) in [6, 6.07) is 8.41. The van der Waals surface area contributed by atoms with Gasteiger partial charge in [-0.3, -0.25) is 0 Å². The molecule has 2 heteroatoms. The van der Waals surface area contributed by atoms with Crippen LogP contribution in [-0.4, -0.2) is 0 Å². The quantitative estimate of drug-likeness (QED) is 0.507. The summed E-state index contributed by atoms with van der Waals surface area (Å²) in [6.45, 7) is 2.10. The van der Waals surface area contributed by atoms with Gasteiger partial charge in [0.15, 0.2) is 0 Å². The van der Waals surface area contributed by atoms with Gasteiger partial charge < -0.3 is 0 Å². The zero-order valence-corrected chi connectivity index (χ0v) is 10.5. The van der Waals surface area contributed by atoms with Gasteiger partial charge in [-0.1, -0.05) is 17.7 Å². The second-order valence-electron chi connectivity index (χ2n) is 1.80. The van der Waals surface area contributed by atoms with Crippen LogP contribution in [0.1, 0.15) is 5.56 Å².